The number of nitrogens with zero attached hydrogens (tertiary/aromatic N) is 6. The van der Waals surface area contributed by atoms with E-state index >= 15 is 0 Å². The van der Waals surface area contributed by atoms with Crippen LogP contribution in [0.25, 0.3) is 11.1 Å². The van der Waals surface area contributed by atoms with Gasteiger partial charge in [0, 0.05) is 36.1 Å². The summed E-state index contributed by atoms with van der Waals surface area (Å²) in [7, 11) is 1.87. The Kier molecular flexibility index (Phi) is 4.79. The number of nitrogens with one attached hydrogen (secondary N) is 1. The molecule has 0 aliphatic heterocycles. The maximum atomic E-state index is 12.6. The molecule has 0 aromatic carbocycles. The lowest BCUT2D eigenvalue weighted by Gasteiger charge is -2.09. The molecule has 0 aliphatic rings. The Bertz CT molecular complexity index is 1160. The van der Waals surface area contributed by atoms with Gasteiger partial charge in [0.25, 0.3) is 0 Å². The third-order valence-electron chi connectivity index (χ3n) is 4.75. The largest absolute Gasteiger partial charge is 0.464 e. The van der Waals surface area contributed by atoms with E-state index in [1.54, 1.807) is 32.5 Å². The van der Waals surface area contributed by atoms with Crippen molar-refractivity contribution in [2.45, 2.75) is 33.9 Å². The molecular weight excluding hydrogens is 370 g/mol. The van der Waals surface area contributed by atoms with Crippen molar-refractivity contribution in [3.63, 3.8) is 0 Å². The summed E-state index contributed by atoms with van der Waals surface area (Å²) in [4.78, 5) is 12.6. The minimum absolute atomic E-state index is 0.109. The third kappa shape index (κ3) is 3.84. The van der Waals surface area contributed by atoms with Gasteiger partial charge >= 0.3 is 0 Å². The molecule has 29 heavy (non-hydrogen) atoms. The lowest BCUT2D eigenvalue weighted by atomic mass is 10.1. The lowest BCUT2D eigenvalue weighted by Crippen LogP contribution is -2.22. The molecule has 0 unspecified atom stereocenters. The molecule has 0 aliphatic carbocycles. The molecule has 0 fully saturated rings. The van der Waals surface area contributed by atoms with Gasteiger partial charge in [-0.3, -0.25) is 14.2 Å². The van der Waals surface area contributed by atoms with Crippen molar-refractivity contribution in [1.82, 2.24) is 29.3 Å². The van der Waals surface area contributed by atoms with Crippen molar-refractivity contribution >= 4 is 11.7 Å². The highest BCUT2D eigenvalue weighted by Crippen LogP contribution is 2.26. The molecule has 1 N–H and O–H groups in total. The van der Waals surface area contributed by atoms with E-state index < -0.39 is 0 Å². The monoisotopic (exact) mass is 393 g/mol. The maximum absolute atomic E-state index is 12.6. The summed E-state index contributed by atoms with van der Waals surface area (Å²) in [6.07, 6.45) is 5.39. The van der Waals surface area contributed by atoms with Crippen molar-refractivity contribution in [1.29, 1.82) is 0 Å². The summed E-state index contributed by atoms with van der Waals surface area (Å²) in [5, 5.41) is 15.9. The molecule has 4 heterocycles. The molecule has 9 nitrogen and oxygen atoms in total. The molecule has 9 heteroatoms. The van der Waals surface area contributed by atoms with Crippen LogP contribution in [0.3, 0.4) is 0 Å². The van der Waals surface area contributed by atoms with Crippen molar-refractivity contribution < 1.29 is 9.21 Å². The van der Waals surface area contributed by atoms with Crippen molar-refractivity contribution in [2.24, 2.45) is 7.05 Å². The van der Waals surface area contributed by atoms with Gasteiger partial charge in [-0.25, -0.2) is 4.68 Å². The molecular formula is C20H23N7O2. The highest BCUT2D eigenvalue weighted by atomic mass is 16.3. The number of aryl methyl sites for hydroxylation is 3. The molecule has 150 valence electrons. The molecule has 0 bridgehead atoms. The number of rotatable bonds is 6. The highest BCUT2D eigenvalue weighted by molar-refractivity contribution is 5.89. The average molecular weight is 393 g/mol. The van der Waals surface area contributed by atoms with E-state index in [1.807, 2.05) is 46.1 Å². The number of hydrogen-bond donors (Lipinski definition) is 1. The lowest BCUT2D eigenvalue weighted by molar-refractivity contribution is -0.117. The van der Waals surface area contributed by atoms with Crippen LogP contribution in [0, 0.1) is 20.8 Å². The van der Waals surface area contributed by atoms with Crippen LogP contribution in [0.5, 0.6) is 0 Å². The van der Waals surface area contributed by atoms with Gasteiger partial charge in [0.1, 0.15) is 30.4 Å². The Hall–Kier alpha value is -3.62. The molecule has 0 saturated heterocycles. The second-order valence-corrected chi connectivity index (χ2v) is 7.04. The van der Waals surface area contributed by atoms with Crippen molar-refractivity contribution in [3.8, 4) is 11.1 Å². The second-order valence-electron chi connectivity index (χ2n) is 7.04. The van der Waals surface area contributed by atoms with Gasteiger partial charge < -0.3 is 9.73 Å². The maximum Gasteiger partial charge on any atom is 0.247 e. The van der Waals surface area contributed by atoms with Gasteiger partial charge in [-0.15, -0.1) is 0 Å². The summed E-state index contributed by atoms with van der Waals surface area (Å²) in [6.45, 7) is 6.34. The van der Waals surface area contributed by atoms with E-state index in [9.17, 15) is 4.79 Å². The Labute approximate surface area is 167 Å². The third-order valence-corrected chi connectivity index (χ3v) is 4.75. The van der Waals surface area contributed by atoms with Gasteiger partial charge in [-0.05, 0) is 32.9 Å². The van der Waals surface area contributed by atoms with Crippen LogP contribution in [-0.2, 0) is 24.9 Å². The zero-order chi connectivity index (χ0) is 20.5. The molecule has 4 aromatic rings. The normalized spacial score (nSPS) is 11.2. The Balaban J connectivity index is 1.48. The topological polar surface area (TPSA) is 95.7 Å². The standard InChI is InChI=1S/C20H23N7O2/c1-13-5-6-17(29-13)11-27-18(7-8-21-27)23-19(28)12-26-15(3)20(14(2)24-26)16-9-22-25(4)10-16/h5-10H,11-12H2,1-4H3,(H,23,28). The quantitative estimate of drug-likeness (QED) is 0.543. The van der Waals surface area contributed by atoms with E-state index in [-0.39, 0.29) is 12.5 Å². The molecule has 4 aromatic heterocycles. The number of anilines is 1. The fraction of sp³-hybridized carbons (Fsp3) is 0.300. The van der Waals surface area contributed by atoms with Crippen LogP contribution in [0.15, 0.2) is 41.2 Å². The first-order valence-electron chi connectivity index (χ1n) is 9.30. The van der Waals surface area contributed by atoms with Crippen LogP contribution in [0.2, 0.25) is 0 Å². The summed E-state index contributed by atoms with van der Waals surface area (Å²) >= 11 is 0. The molecule has 0 atom stereocenters. The van der Waals surface area contributed by atoms with E-state index in [2.05, 4.69) is 20.6 Å². The number of aromatic nitrogens is 6. The van der Waals surface area contributed by atoms with Gasteiger partial charge in [0.15, 0.2) is 0 Å². The van der Waals surface area contributed by atoms with E-state index in [0.29, 0.717) is 12.4 Å². The first-order chi connectivity index (χ1) is 13.9. The summed E-state index contributed by atoms with van der Waals surface area (Å²) in [5.74, 6) is 2.05. The first kappa shape index (κ1) is 18.7. The van der Waals surface area contributed by atoms with Gasteiger partial charge in [0.05, 0.1) is 18.1 Å². The van der Waals surface area contributed by atoms with Gasteiger partial charge in [0.2, 0.25) is 5.91 Å². The highest BCUT2D eigenvalue weighted by Gasteiger charge is 2.17. The summed E-state index contributed by atoms with van der Waals surface area (Å²) in [6, 6.07) is 5.56. The smallest absolute Gasteiger partial charge is 0.247 e. The average Bonchev–Trinajstić information content (AvgIpc) is 3.42. The summed E-state index contributed by atoms with van der Waals surface area (Å²) in [5.41, 5.74) is 3.77. The molecule has 0 saturated carbocycles. The van der Waals surface area contributed by atoms with Crippen LogP contribution >= 0.6 is 0 Å². The fourth-order valence-electron chi connectivity index (χ4n) is 3.42. The molecule has 1 amide bonds. The minimum atomic E-state index is -0.175. The van der Waals surface area contributed by atoms with E-state index in [1.165, 1.54) is 0 Å². The van der Waals surface area contributed by atoms with Crippen LogP contribution in [0.4, 0.5) is 5.82 Å². The van der Waals surface area contributed by atoms with Crippen LogP contribution < -0.4 is 5.32 Å². The van der Waals surface area contributed by atoms with E-state index in [0.717, 1.165) is 34.0 Å². The molecule has 0 spiro atoms. The zero-order valence-corrected chi connectivity index (χ0v) is 16.9. The Morgan fingerprint density at radius 1 is 1.14 bits per heavy atom. The van der Waals surface area contributed by atoms with Crippen LogP contribution in [0.1, 0.15) is 22.9 Å². The minimum Gasteiger partial charge on any atom is -0.464 e. The zero-order valence-electron chi connectivity index (χ0n) is 16.9. The van der Waals surface area contributed by atoms with Gasteiger partial charge in [-0.2, -0.15) is 15.3 Å². The number of amides is 1. The number of carbonyl (C=O) groups is 1. The SMILES string of the molecule is Cc1ccc(Cn2nccc2NC(=O)Cn2nc(C)c(-c3cnn(C)c3)c2C)o1. The number of hydrogen-bond acceptors (Lipinski definition) is 5. The Morgan fingerprint density at radius 3 is 2.66 bits per heavy atom. The second kappa shape index (κ2) is 7.42. The predicted molar refractivity (Wildman–Crippen MR) is 107 cm³/mol. The molecule has 0 radical (unpaired) electrons. The van der Waals surface area contributed by atoms with Gasteiger partial charge in [-0.1, -0.05) is 0 Å². The van der Waals surface area contributed by atoms with Crippen molar-refractivity contribution in [3.05, 3.63) is 59.7 Å². The number of furan rings is 1. The van der Waals surface area contributed by atoms with Crippen LogP contribution in [-0.4, -0.2) is 35.2 Å². The Morgan fingerprint density at radius 2 is 1.97 bits per heavy atom. The number of carbonyl (C=O) groups excluding carboxylic acids is 1. The summed E-state index contributed by atoms with van der Waals surface area (Å²) < 4.78 is 10.7. The fourth-order valence-corrected chi connectivity index (χ4v) is 3.42. The van der Waals surface area contributed by atoms with E-state index in [4.69, 9.17) is 4.42 Å². The predicted octanol–water partition coefficient (Wildman–Crippen LogP) is 2.69. The molecule has 4 rings (SSSR count). The van der Waals surface area contributed by atoms with Crippen molar-refractivity contribution in [2.75, 3.05) is 5.32 Å². The first-order valence-corrected chi connectivity index (χ1v) is 9.30.